The standard InChI is InChI=1S/C15H22N2O3S/c1-21(19,20)11-9-13(16)15(18)17-10-5-8-14(17)12-6-3-2-4-7-12/h2-4,6-7,13-14H,5,8-11,16H2,1H3. The minimum Gasteiger partial charge on any atom is -0.334 e. The summed E-state index contributed by atoms with van der Waals surface area (Å²) in [5, 5.41) is 0. The summed E-state index contributed by atoms with van der Waals surface area (Å²) in [5.74, 6) is -0.200. The number of nitrogens with zero attached hydrogens (tertiary/aromatic N) is 1. The van der Waals surface area contributed by atoms with Gasteiger partial charge >= 0.3 is 0 Å². The van der Waals surface area contributed by atoms with E-state index in [1.54, 1.807) is 4.90 Å². The smallest absolute Gasteiger partial charge is 0.240 e. The van der Waals surface area contributed by atoms with Crippen LogP contribution in [0.2, 0.25) is 0 Å². The number of likely N-dealkylation sites (tertiary alicyclic amines) is 1. The number of nitrogens with two attached hydrogens (primary N) is 1. The second-order valence-corrected chi connectivity index (χ2v) is 7.89. The Bertz CT molecular complexity index is 586. The van der Waals surface area contributed by atoms with Crippen LogP contribution < -0.4 is 5.73 Å². The van der Waals surface area contributed by atoms with Crippen molar-refractivity contribution in [1.29, 1.82) is 0 Å². The van der Waals surface area contributed by atoms with E-state index in [2.05, 4.69) is 0 Å². The topological polar surface area (TPSA) is 80.5 Å². The summed E-state index contributed by atoms with van der Waals surface area (Å²) in [5.41, 5.74) is 7.00. The maximum Gasteiger partial charge on any atom is 0.240 e. The Balaban J connectivity index is 2.04. The lowest BCUT2D eigenvalue weighted by molar-refractivity contribution is -0.133. The molecule has 1 aromatic rings. The molecule has 5 nitrogen and oxygen atoms in total. The van der Waals surface area contributed by atoms with Crippen molar-refractivity contribution in [3.05, 3.63) is 35.9 Å². The molecule has 2 unspecified atom stereocenters. The van der Waals surface area contributed by atoms with Crippen LogP contribution in [0.5, 0.6) is 0 Å². The molecule has 1 amide bonds. The second-order valence-electron chi connectivity index (χ2n) is 5.63. The predicted octanol–water partition coefficient (Wildman–Crippen LogP) is 1.11. The van der Waals surface area contributed by atoms with Gasteiger partial charge in [-0.3, -0.25) is 4.79 Å². The van der Waals surface area contributed by atoms with Crippen LogP contribution in [-0.2, 0) is 14.6 Å². The van der Waals surface area contributed by atoms with E-state index in [9.17, 15) is 13.2 Å². The van der Waals surface area contributed by atoms with Crippen molar-refractivity contribution >= 4 is 15.7 Å². The van der Waals surface area contributed by atoms with Gasteiger partial charge in [0, 0.05) is 12.8 Å². The van der Waals surface area contributed by atoms with E-state index in [-0.39, 0.29) is 24.1 Å². The van der Waals surface area contributed by atoms with Crippen molar-refractivity contribution in [2.45, 2.75) is 31.3 Å². The molecule has 1 fully saturated rings. The Morgan fingerprint density at radius 3 is 2.67 bits per heavy atom. The maximum absolute atomic E-state index is 12.5. The zero-order valence-electron chi connectivity index (χ0n) is 12.2. The molecule has 0 spiro atoms. The fraction of sp³-hybridized carbons (Fsp3) is 0.533. The zero-order chi connectivity index (χ0) is 15.5. The average molecular weight is 310 g/mol. The molecular formula is C15H22N2O3S. The Labute approximate surface area is 126 Å². The fourth-order valence-electron chi connectivity index (χ4n) is 2.73. The van der Waals surface area contributed by atoms with Gasteiger partial charge in [0.05, 0.1) is 17.8 Å². The first-order valence-electron chi connectivity index (χ1n) is 7.17. The monoisotopic (exact) mass is 310 g/mol. The molecule has 0 aliphatic carbocycles. The number of carbonyl (C=O) groups is 1. The van der Waals surface area contributed by atoms with Crippen LogP contribution in [0.1, 0.15) is 30.9 Å². The highest BCUT2D eigenvalue weighted by molar-refractivity contribution is 7.90. The molecule has 2 rings (SSSR count). The molecule has 1 aromatic carbocycles. The quantitative estimate of drug-likeness (QED) is 0.883. The summed E-state index contributed by atoms with van der Waals surface area (Å²) in [6, 6.07) is 9.20. The highest BCUT2D eigenvalue weighted by atomic mass is 32.2. The van der Waals surface area contributed by atoms with Crippen LogP contribution in [0.25, 0.3) is 0 Å². The first-order valence-corrected chi connectivity index (χ1v) is 9.23. The number of rotatable bonds is 5. The molecule has 1 heterocycles. The molecule has 2 atom stereocenters. The van der Waals surface area contributed by atoms with Gasteiger partial charge in [-0.05, 0) is 24.8 Å². The Kier molecular flexibility index (Phi) is 5.00. The molecule has 116 valence electrons. The van der Waals surface area contributed by atoms with Gasteiger partial charge in [0.1, 0.15) is 9.84 Å². The molecule has 0 bridgehead atoms. The minimum absolute atomic E-state index is 0.0518. The number of amides is 1. The lowest BCUT2D eigenvalue weighted by atomic mass is 10.0. The zero-order valence-corrected chi connectivity index (χ0v) is 13.1. The van der Waals surface area contributed by atoms with Gasteiger partial charge in [0.2, 0.25) is 5.91 Å². The first-order chi connectivity index (χ1) is 9.88. The number of benzene rings is 1. The normalized spacial score (nSPS) is 20.5. The van der Waals surface area contributed by atoms with Gasteiger partial charge in [-0.15, -0.1) is 0 Å². The Hall–Kier alpha value is -1.40. The van der Waals surface area contributed by atoms with Crippen molar-refractivity contribution in [2.75, 3.05) is 18.6 Å². The van der Waals surface area contributed by atoms with Crippen LogP contribution in [0, 0.1) is 0 Å². The summed E-state index contributed by atoms with van der Waals surface area (Å²) in [6.07, 6.45) is 3.21. The molecule has 0 aromatic heterocycles. The van der Waals surface area contributed by atoms with Gasteiger partial charge in [-0.25, -0.2) is 8.42 Å². The van der Waals surface area contributed by atoms with Crippen molar-refractivity contribution in [3.8, 4) is 0 Å². The number of sulfone groups is 1. The van der Waals surface area contributed by atoms with Crippen molar-refractivity contribution in [2.24, 2.45) is 5.73 Å². The highest BCUT2D eigenvalue weighted by Crippen LogP contribution is 2.32. The Morgan fingerprint density at radius 1 is 1.38 bits per heavy atom. The molecule has 0 saturated carbocycles. The summed E-state index contributed by atoms with van der Waals surface area (Å²) in [4.78, 5) is 14.2. The van der Waals surface area contributed by atoms with Crippen LogP contribution >= 0.6 is 0 Å². The van der Waals surface area contributed by atoms with Gasteiger partial charge in [0.15, 0.2) is 0 Å². The molecular weight excluding hydrogens is 288 g/mol. The third kappa shape index (κ3) is 4.28. The maximum atomic E-state index is 12.5. The molecule has 21 heavy (non-hydrogen) atoms. The molecule has 1 saturated heterocycles. The third-order valence-electron chi connectivity index (χ3n) is 3.84. The van der Waals surface area contributed by atoms with E-state index < -0.39 is 15.9 Å². The number of carbonyl (C=O) groups excluding carboxylic acids is 1. The Morgan fingerprint density at radius 2 is 2.05 bits per heavy atom. The molecule has 2 N–H and O–H groups in total. The van der Waals surface area contributed by atoms with Crippen LogP contribution in [0.15, 0.2) is 30.3 Å². The lowest BCUT2D eigenvalue weighted by Crippen LogP contribution is -2.44. The van der Waals surface area contributed by atoms with Crippen LogP contribution in [0.4, 0.5) is 0 Å². The molecule has 0 radical (unpaired) electrons. The summed E-state index contributed by atoms with van der Waals surface area (Å²) < 4.78 is 22.4. The van der Waals surface area contributed by atoms with Crippen molar-refractivity contribution in [3.63, 3.8) is 0 Å². The largest absolute Gasteiger partial charge is 0.334 e. The molecule has 6 heteroatoms. The molecule has 1 aliphatic heterocycles. The minimum atomic E-state index is -3.09. The van der Waals surface area contributed by atoms with E-state index in [1.807, 2.05) is 30.3 Å². The first kappa shape index (κ1) is 16.0. The van der Waals surface area contributed by atoms with Gasteiger partial charge < -0.3 is 10.6 Å². The predicted molar refractivity (Wildman–Crippen MR) is 82.4 cm³/mol. The second kappa shape index (κ2) is 6.58. The number of hydrogen-bond donors (Lipinski definition) is 1. The van der Waals surface area contributed by atoms with Crippen molar-refractivity contribution < 1.29 is 13.2 Å². The van der Waals surface area contributed by atoms with E-state index in [0.717, 1.165) is 24.7 Å². The fourth-order valence-corrected chi connectivity index (χ4v) is 3.41. The summed E-state index contributed by atoms with van der Waals surface area (Å²) in [7, 11) is -3.09. The third-order valence-corrected chi connectivity index (χ3v) is 4.81. The highest BCUT2D eigenvalue weighted by Gasteiger charge is 2.32. The van der Waals surface area contributed by atoms with Crippen molar-refractivity contribution in [1.82, 2.24) is 4.90 Å². The van der Waals surface area contributed by atoms with Gasteiger partial charge in [0.25, 0.3) is 0 Å². The average Bonchev–Trinajstić information content (AvgIpc) is 2.93. The molecule has 1 aliphatic rings. The van der Waals surface area contributed by atoms with Gasteiger partial charge in [-0.2, -0.15) is 0 Å². The van der Waals surface area contributed by atoms with Gasteiger partial charge in [-0.1, -0.05) is 30.3 Å². The number of hydrogen-bond acceptors (Lipinski definition) is 4. The van der Waals surface area contributed by atoms with E-state index in [4.69, 9.17) is 5.73 Å². The van der Waals surface area contributed by atoms with E-state index in [1.165, 1.54) is 0 Å². The SMILES string of the molecule is CS(=O)(=O)CCC(N)C(=O)N1CCCC1c1ccccc1. The van der Waals surface area contributed by atoms with E-state index >= 15 is 0 Å². The summed E-state index contributed by atoms with van der Waals surface area (Å²) >= 11 is 0. The van der Waals surface area contributed by atoms with Crippen LogP contribution in [-0.4, -0.2) is 43.8 Å². The lowest BCUT2D eigenvalue weighted by Gasteiger charge is -2.27. The van der Waals surface area contributed by atoms with Crippen LogP contribution in [0.3, 0.4) is 0 Å². The van der Waals surface area contributed by atoms with E-state index in [0.29, 0.717) is 6.54 Å². The summed E-state index contributed by atoms with van der Waals surface area (Å²) in [6.45, 7) is 0.685.